The van der Waals surface area contributed by atoms with Crippen LogP contribution in [0.1, 0.15) is 83.5 Å². The van der Waals surface area contributed by atoms with E-state index in [1.807, 2.05) is 0 Å². The van der Waals surface area contributed by atoms with Crippen molar-refractivity contribution in [3.05, 3.63) is 83.5 Å². The van der Waals surface area contributed by atoms with E-state index in [1.165, 1.54) is 105 Å². The first-order chi connectivity index (χ1) is 15.2. The Bertz CT molecular complexity index is 723. The topological polar surface area (TPSA) is 0 Å². The average molecular weight is 630 g/mol. The minimum atomic E-state index is 0. The van der Waals surface area contributed by atoms with Crippen molar-refractivity contribution in [1.82, 2.24) is 0 Å². The monoisotopic (exact) mass is 630 g/mol. The van der Waals surface area contributed by atoms with Gasteiger partial charge < -0.3 is 27.8 Å². The van der Waals surface area contributed by atoms with Crippen molar-refractivity contribution in [2.24, 2.45) is 0 Å². The van der Waals surface area contributed by atoms with Crippen molar-refractivity contribution in [3.8, 4) is 0 Å². The van der Waals surface area contributed by atoms with Gasteiger partial charge in [-0.1, -0.05) is 69.2 Å². The van der Waals surface area contributed by atoms with Gasteiger partial charge in [0.2, 0.25) is 0 Å². The zero-order valence-electron chi connectivity index (χ0n) is 26.3. The minimum Gasteiger partial charge on any atom is -0.731 e. The van der Waals surface area contributed by atoms with Crippen LogP contribution in [-0.2, 0) is 50.3 Å². The summed E-state index contributed by atoms with van der Waals surface area (Å²) in [5, 5.41) is 0. The SMILES string of the molecule is B1BB1.C[c-]1[c-](C)[c-](C)[c-](C)[c-]1C.Cc1c(C)c(C)[c-](C)c1C.Cc1c(C)c(C)[c-](C)c1C.[BH].[Co].[Co].[Co]. The molecule has 0 aromatic heterocycles. The molecule has 3 aromatic rings. The predicted molar refractivity (Wildman–Crippen MR) is 166 cm³/mol. The molecule has 0 amide bonds. The maximum Gasteiger partial charge on any atom is 0.0379 e. The summed E-state index contributed by atoms with van der Waals surface area (Å²) < 4.78 is 0. The van der Waals surface area contributed by atoms with Gasteiger partial charge in [-0.15, -0.1) is 0 Å². The summed E-state index contributed by atoms with van der Waals surface area (Å²) in [5.41, 5.74) is 22.0. The summed E-state index contributed by atoms with van der Waals surface area (Å²) in [6.45, 7) is 33.0. The van der Waals surface area contributed by atoms with Gasteiger partial charge in [0, 0.05) is 79.9 Å². The second kappa shape index (κ2) is 19.0. The molecule has 0 bridgehead atoms. The summed E-state index contributed by atoms with van der Waals surface area (Å²) in [5.74, 6) is 0. The Hall–Kier alpha value is -0.171. The molecule has 37 heavy (non-hydrogen) atoms. The van der Waals surface area contributed by atoms with Crippen molar-refractivity contribution >= 4 is 29.6 Å². The van der Waals surface area contributed by atoms with Gasteiger partial charge in [0.25, 0.3) is 0 Å². The molecular weight excluding hydrogens is 580 g/mol. The first kappa shape index (κ1) is 43.9. The first-order valence-corrected chi connectivity index (χ1v) is 12.8. The zero-order valence-corrected chi connectivity index (χ0v) is 29.5. The molecule has 1 fully saturated rings. The molecule has 7 heteroatoms. The maximum absolute atomic E-state index is 2.20. The molecule has 0 unspecified atom stereocenters. The molecule has 0 atom stereocenters. The quantitative estimate of drug-likeness (QED) is 0.204. The molecule has 1 heterocycles. The van der Waals surface area contributed by atoms with E-state index >= 15 is 0 Å². The molecule has 0 N–H and O–H groups in total. The Morgan fingerprint density at radius 3 is 0.541 bits per heavy atom. The summed E-state index contributed by atoms with van der Waals surface area (Å²) in [4.78, 5) is 0. The third-order valence-electron chi connectivity index (χ3n) is 8.79. The third-order valence-corrected chi connectivity index (χ3v) is 8.79. The van der Waals surface area contributed by atoms with Gasteiger partial charge in [0.05, 0.1) is 0 Å². The van der Waals surface area contributed by atoms with Crippen molar-refractivity contribution in [1.29, 1.82) is 0 Å². The average Bonchev–Trinajstić information content (AvgIpc) is 3.65. The molecule has 1 aliphatic rings. The normalized spacial score (nSPS) is 9.81. The van der Waals surface area contributed by atoms with Gasteiger partial charge in [-0.2, -0.15) is 55.6 Å². The molecule has 0 saturated carbocycles. The second-order valence-corrected chi connectivity index (χ2v) is 10.4. The molecule has 3 aromatic carbocycles. The van der Waals surface area contributed by atoms with E-state index in [2.05, 4.69) is 104 Å². The van der Waals surface area contributed by atoms with E-state index in [9.17, 15) is 0 Å². The van der Waals surface area contributed by atoms with Crippen molar-refractivity contribution in [3.63, 3.8) is 0 Å². The van der Waals surface area contributed by atoms with Crippen molar-refractivity contribution < 1.29 is 50.3 Å². The van der Waals surface area contributed by atoms with Crippen LogP contribution in [0.3, 0.4) is 0 Å². The number of hydrogen-bond donors (Lipinski definition) is 0. The zero-order chi connectivity index (χ0) is 25.8. The third kappa shape index (κ3) is 11.1. The fourth-order valence-corrected chi connectivity index (χ4v) is 4.22. The van der Waals surface area contributed by atoms with E-state index in [1.54, 1.807) is 0 Å². The Morgan fingerprint density at radius 2 is 0.486 bits per heavy atom. The van der Waals surface area contributed by atoms with E-state index in [0.29, 0.717) is 0 Å². The molecule has 1 aliphatic heterocycles. The Balaban J connectivity index is -0.000000198. The van der Waals surface area contributed by atoms with Gasteiger partial charge in [0.15, 0.2) is 0 Å². The van der Waals surface area contributed by atoms with Crippen LogP contribution in [0.25, 0.3) is 0 Å². The Labute approximate surface area is 265 Å². The summed E-state index contributed by atoms with van der Waals surface area (Å²) in [6.07, 6.45) is 0. The molecule has 215 valence electrons. The Kier molecular flexibility index (Phi) is 22.5. The van der Waals surface area contributed by atoms with Crippen LogP contribution in [0.4, 0.5) is 0 Å². The van der Waals surface area contributed by atoms with E-state index in [0.717, 1.165) is 0 Å². The van der Waals surface area contributed by atoms with E-state index in [4.69, 9.17) is 0 Å². The molecule has 4 rings (SSSR count). The van der Waals surface area contributed by atoms with Crippen LogP contribution >= 0.6 is 0 Å². The summed E-state index contributed by atoms with van der Waals surface area (Å²) in [7, 11) is 4.50. The van der Waals surface area contributed by atoms with Gasteiger partial charge in [-0.25, -0.2) is 34.6 Å². The molecule has 0 nitrogen and oxygen atoms in total. The van der Waals surface area contributed by atoms with Crippen LogP contribution in [0, 0.1) is 104 Å². The van der Waals surface area contributed by atoms with E-state index < -0.39 is 0 Å². The molecule has 1 saturated heterocycles. The van der Waals surface area contributed by atoms with Crippen molar-refractivity contribution in [2.45, 2.75) is 104 Å². The van der Waals surface area contributed by atoms with Crippen LogP contribution in [0.5, 0.6) is 0 Å². The largest absolute Gasteiger partial charge is 0.731 e. The fraction of sp³-hybridized carbons (Fsp3) is 0.500. The molecular formula is C30H49B4Co3-7. The van der Waals surface area contributed by atoms with Gasteiger partial charge in [-0.3, -0.25) is 0 Å². The van der Waals surface area contributed by atoms with Crippen LogP contribution in [0.15, 0.2) is 0 Å². The number of rotatable bonds is 0. The van der Waals surface area contributed by atoms with Crippen LogP contribution in [0.2, 0.25) is 0 Å². The Morgan fingerprint density at radius 1 is 0.351 bits per heavy atom. The molecule has 0 aliphatic carbocycles. The number of hydrogen-bond acceptors (Lipinski definition) is 0. The second-order valence-electron chi connectivity index (χ2n) is 10.4. The van der Waals surface area contributed by atoms with Crippen LogP contribution in [-0.4, -0.2) is 29.6 Å². The summed E-state index contributed by atoms with van der Waals surface area (Å²) >= 11 is 0. The summed E-state index contributed by atoms with van der Waals surface area (Å²) in [6, 6.07) is 0. The first-order valence-electron chi connectivity index (χ1n) is 12.8. The van der Waals surface area contributed by atoms with Gasteiger partial charge >= 0.3 is 0 Å². The van der Waals surface area contributed by atoms with Crippen molar-refractivity contribution in [2.75, 3.05) is 0 Å². The van der Waals surface area contributed by atoms with Crippen LogP contribution < -0.4 is 0 Å². The molecule has 5 radical (unpaired) electrons. The predicted octanol–water partition coefficient (Wildman–Crippen LogP) is 6.24. The fourth-order valence-electron chi connectivity index (χ4n) is 4.22. The van der Waals surface area contributed by atoms with Gasteiger partial charge in [0.1, 0.15) is 0 Å². The molecule has 0 spiro atoms. The smallest absolute Gasteiger partial charge is 0.0379 e. The maximum atomic E-state index is 2.20. The minimum absolute atomic E-state index is 0. The van der Waals surface area contributed by atoms with E-state index in [-0.39, 0.29) is 58.7 Å². The standard InChI is InChI=1S/3C10H15.B3H3.BH.3Co/c3*1-6-7(2)9(4)10(5)8(6)3;1-2-3-1;;;;/h3*1-5H3;1-3H;1H;;;/q-5;2*-1;;;;;. The van der Waals surface area contributed by atoms with Gasteiger partial charge in [-0.05, 0) is 0 Å².